The van der Waals surface area contributed by atoms with E-state index in [9.17, 15) is 0 Å². The lowest BCUT2D eigenvalue weighted by molar-refractivity contribution is 0.145. The van der Waals surface area contributed by atoms with Gasteiger partial charge in [-0.25, -0.2) is 0 Å². The molecule has 0 N–H and O–H groups in total. The van der Waals surface area contributed by atoms with Crippen LogP contribution in [0.15, 0.2) is 0 Å². The highest BCUT2D eigenvalue weighted by Gasteiger charge is 1.78. The van der Waals surface area contributed by atoms with Crippen molar-refractivity contribution in [3.05, 3.63) is 6.92 Å². The molecule has 0 fully saturated rings. The number of hydrogen-bond acceptors (Lipinski definition) is 1. The maximum Gasteiger partial charge on any atom is 0.0465 e. The minimum absolute atomic E-state index is 0.833. The first kappa shape index (κ1) is 6.96. The average molecular weight is 101 g/mol. The highest BCUT2D eigenvalue weighted by Crippen LogP contribution is 1.85. The first-order valence-electron chi connectivity index (χ1n) is 2.78. The van der Waals surface area contributed by atoms with Gasteiger partial charge in [-0.1, -0.05) is 13.3 Å². The highest BCUT2D eigenvalue weighted by atomic mass is 16.5. The van der Waals surface area contributed by atoms with Crippen LogP contribution in [0.3, 0.4) is 0 Å². The van der Waals surface area contributed by atoms with E-state index in [-0.39, 0.29) is 0 Å². The van der Waals surface area contributed by atoms with Gasteiger partial charge in [-0.05, 0) is 13.3 Å². The van der Waals surface area contributed by atoms with Gasteiger partial charge < -0.3 is 4.74 Å². The molecule has 0 aromatic rings. The first-order chi connectivity index (χ1) is 3.41. The van der Waals surface area contributed by atoms with E-state index in [1.807, 2.05) is 6.92 Å². The van der Waals surface area contributed by atoms with Gasteiger partial charge in [0.05, 0.1) is 0 Å². The van der Waals surface area contributed by atoms with Crippen molar-refractivity contribution in [2.75, 3.05) is 13.2 Å². The maximum absolute atomic E-state index is 5.03. The standard InChI is InChI=1S/C6H13O/c1-3-5-6-7-4-2/h1,3-6H2,2H3. The molecule has 1 nitrogen and oxygen atoms in total. The molecule has 0 amide bonds. The molecule has 0 aromatic carbocycles. The number of ether oxygens (including phenoxy) is 1. The topological polar surface area (TPSA) is 9.23 Å². The van der Waals surface area contributed by atoms with Crippen LogP contribution < -0.4 is 0 Å². The normalized spacial score (nSPS) is 9.43. The first-order valence-corrected chi connectivity index (χ1v) is 2.78. The van der Waals surface area contributed by atoms with Gasteiger partial charge in [-0.2, -0.15) is 0 Å². The van der Waals surface area contributed by atoms with E-state index in [1.54, 1.807) is 0 Å². The summed E-state index contributed by atoms with van der Waals surface area (Å²) in [6, 6.07) is 0. The van der Waals surface area contributed by atoms with Crippen molar-refractivity contribution in [2.24, 2.45) is 0 Å². The minimum Gasteiger partial charge on any atom is -0.382 e. The van der Waals surface area contributed by atoms with Crippen molar-refractivity contribution in [1.82, 2.24) is 0 Å². The second-order valence-corrected chi connectivity index (χ2v) is 1.40. The Labute approximate surface area is 45.7 Å². The predicted octanol–water partition coefficient (Wildman–Crippen LogP) is 1.64. The zero-order valence-electron chi connectivity index (χ0n) is 4.94. The minimum atomic E-state index is 0.833. The van der Waals surface area contributed by atoms with E-state index >= 15 is 0 Å². The summed E-state index contributed by atoms with van der Waals surface area (Å²) in [6.45, 7) is 7.39. The Kier molecular flexibility index (Phi) is 5.93. The summed E-state index contributed by atoms with van der Waals surface area (Å²) >= 11 is 0. The van der Waals surface area contributed by atoms with Crippen molar-refractivity contribution in [3.8, 4) is 0 Å². The third kappa shape index (κ3) is 5.96. The summed E-state index contributed by atoms with van der Waals surface area (Å²) in [5.41, 5.74) is 0. The summed E-state index contributed by atoms with van der Waals surface area (Å²) in [6.07, 6.45) is 2.08. The van der Waals surface area contributed by atoms with Crippen molar-refractivity contribution >= 4 is 0 Å². The van der Waals surface area contributed by atoms with E-state index in [4.69, 9.17) is 4.74 Å². The van der Waals surface area contributed by atoms with E-state index < -0.39 is 0 Å². The van der Waals surface area contributed by atoms with Crippen LogP contribution in [-0.2, 0) is 4.74 Å². The third-order valence-electron chi connectivity index (χ3n) is 0.743. The Balaban J connectivity index is 2.45. The summed E-state index contributed by atoms with van der Waals surface area (Å²) in [5.74, 6) is 0. The van der Waals surface area contributed by atoms with Gasteiger partial charge in [0.1, 0.15) is 0 Å². The lowest BCUT2D eigenvalue weighted by atomic mass is 10.4. The molecule has 1 heteroatoms. The highest BCUT2D eigenvalue weighted by molar-refractivity contribution is 4.37. The molecular weight excluding hydrogens is 88.1 g/mol. The van der Waals surface area contributed by atoms with Gasteiger partial charge in [0, 0.05) is 13.2 Å². The van der Waals surface area contributed by atoms with E-state index in [0.717, 1.165) is 26.1 Å². The molecule has 0 aliphatic heterocycles. The SMILES string of the molecule is [CH2]CCCOCC. The molecule has 0 spiro atoms. The summed E-state index contributed by atoms with van der Waals surface area (Å²) in [5, 5.41) is 0. The van der Waals surface area contributed by atoms with Crippen LogP contribution in [0.2, 0.25) is 0 Å². The van der Waals surface area contributed by atoms with Crippen LogP contribution in [-0.4, -0.2) is 13.2 Å². The van der Waals surface area contributed by atoms with Gasteiger partial charge >= 0.3 is 0 Å². The Morgan fingerprint density at radius 2 is 2.29 bits per heavy atom. The summed E-state index contributed by atoms with van der Waals surface area (Å²) < 4.78 is 5.03. The van der Waals surface area contributed by atoms with Gasteiger partial charge in [-0.15, -0.1) is 0 Å². The molecule has 0 heterocycles. The molecule has 7 heavy (non-hydrogen) atoms. The van der Waals surface area contributed by atoms with E-state index in [0.29, 0.717) is 0 Å². The van der Waals surface area contributed by atoms with Crippen LogP contribution >= 0.6 is 0 Å². The molecule has 0 saturated heterocycles. The lowest BCUT2D eigenvalue weighted by Crippen LogP contribution is -1.90. The quantitative estimate of drug-likeness (QED) is 0.489. The number of unbranched alkanes of at least 4 members (excludes halogenated alkanes) is 1. The molecule has 0 saturated carbocycles. The molecule has 1 radical (unpaired) electrons. The van der Waals surface area contributed by atoms with Crippen molar-refractivity contribution in [2.45, 2.75) is 19.8 Å². The van der Waals surface area contributed by atoms with Crippen molar-refractivity contribution in [3.63, 3.8) is 0 Å². The summed E-state index contributed by atoms with van der Waals surface area (Å²) in [7, 11) is 0. The Bertz CT molecular complexity index is 23.4. The second kappa shape index (κ2) is 5.96. The zero-order valence-corrected chi connectivity index (χ0v) is 4.94. The van der Waals surface area contributed by atoms with E-state index in [2.05, 4.69) is 6.92 Å². The predicted molar refractivity (Wildman–Crippen MR) is 31.1 cm³/mol. The third-order valence-corrected chi connectivity index (χ3v) is 0.743. The van der Waals surface area contributed by atoms with Crippen LogP contribution in [0.5, 0.6) is 0 Å². The summed E-state index contributed by atoms with van der Waals surface area (Å²) in [4.78, 5) is 0. The zero-order chi connectivity index (χ0) is 5.54. The molecule has 0 rings (SSSR count). The molecule has 0 bridgehead atoms. The Hall–Kier alpha value is -0.0400. The van der Waals surface area contributed by atoms with Gasteiger partial charge in [0.2, 0.25) is 0 Å². The van der Waals surface area contributed by atoms with Crippen LogP contribution in [0.25, 0.3) is 0 Å². The van der Waals surface area contributed by atoms with E-state index in [1.165, 1.54) is 0 Å². The molecule has 0 aliphatic carbocycles. The smallest absolute Gasteiger partial charge is 0.0465 e. The fraction of sp³-hybridized carbons (Fsp3) is 0.833. The maximum atomic E-state index is 5.03. The molecule has 0 unspecified atom stereocenters. The molecule has 0 aromatic heterocycles. The number of hydrogen-bond donors (Lipinski definition) is 0. The van der Waals surface area contributed by atoms with Gasteiger partial charge in [-0.3, -0.25) is 0 Å². The van der Waals surface area contributed by atoms with Gasteiger partial charge in [0.15, 0.2) is 0 Å². The Morgan fingerprint density at radius 1 is 1.57 bits per heavy atom. The van der Waals surface area contributed by atoms with Crippen LogP contribution in [0.4, 0.5) is 0 Å². The van der Waals surface area contributed by atoms with Crippen molar-refractivity contribution < 1.29 is 4.74 Å². The largest absolute Gasteiger partial charge is 0.382 e. The van der Waals surface area contributed by atoms with Crippen molar-refractivity contribution in [1.29, 1.82) is 0 Å². The monoisotopic (exact) mass is 101 g/mol. The Morgan fingerprint density at radius 3 is 2.71 bits per heavy atom. The average Bonchev–Trinajstić information content (AvgIpc) is 1.69. The fourth-order valence-corrected chi connectivity index (χ4v) is 0.348. The van der Waals surface area contributed by atoms with Gasteiger partial charge in [0.25, 0.3) is 0 Å². The van der Waals surface area contributed by atoms with Crippen LogP contribution in [0, 0.1) is 6.92 Å². The molecule has 0 aliphatic rings. The fourth-order valence-electron chi connectivity index (χ4n) is 0.348. The lowest BCUT2D eigenvalue weighted by Gasteiger charge is -1.94. The molecular formula is C6H13O. The molecule has 0 atom stereocenters. The van der Waals surface area contributed by atoms with Crippen LogP contribution in [0.1, 0.15) is 19.8 Å². The second-order valence-electron chi connectivity index (χ2n) is 1.40. The number of rotatable bonds is 4. The molecule has 43 valence electrons.